The van der Waals surface area contributed by atoms with Crippen molar-refractivity contribution in [1.29, 1.82) is 0 Å². The van der Waals surface area contributed by atoms with Crippen molar-refractivity contribution in [3.05, 3.63) is 169 Å². The average molecular weight is 749 g/mol. The van der Waals surface area contributed by atoms with E-state index in [2.05, 4.69) is 133 Å². The molecule has 11 aromatic rings. The molecule has 0 radical (unpaired) electrons. The van der Waals surface area contributed by atoms with E-state index in [9.17, 15) is 0 Å². The van der Waals surface area contributed by atoms with Gasteiger partial charge >= 0.3 is 0 Å². The highest BCUT2D eigenvalue weighted by Crippen LogP contribution is 2.53. The Morgan fingerprint density at radius 3 is 1.24 bits per heavy atom. The van der Waals surface area contributed by atoms with Crippen molar-refractivity contribution in [3.8, 4) is 23.0 Å². The van der Waals surface area contributed by atoms with Crippen LogP contribution in [0.25, 0.3) is 65.4 Å². The van der Waals surface area contributed by atoms with Crippen molar-refractivity contribution in [2.24, 2.45) is 0 Å². The van der Waals surface area contributed by atoms with E-state index in [1.807, 2.05) is 48.5 Å². The van der Waals surface area contributed by atoms with Gasteiger partial charge in [-0.15, -0.1) is 0 Å². The molecule has 6 heteroatoms. The molecule has 0 aliphatic carbocycles. The quantitative estimate of drug-likeness (QED) is 0.175. The minimum absolute atomic E-state index is 0.830. The molecule has 0 bridgehead atoms. The fraction of sp³-hybridized carbons (Fsp3) is 0.0385. The molecule has 13 rings (SSSR count). The second-order valence-electron chi connectivity index (χ2n) is 15.4. The predicted molar refractivity (Wildman–Crippen MR) is 235 cm³/mol. The van der Waals surface area contributed by atoms with Crippen LogP contribution in [0.15, 0.2) is 167 Å². The molecule has 0 saturated carbocycles. The summed E-state index contributed by atoms with van der Waals surface area (Å²) in [5.74, 6) is 3.32. The van der Waals surface area contributed by atoms with Gasteiger partial charge in [0.05, 0.1) is 28.1 Å². The van der Waals surface area contributed by atoms with Gasteiger partial charge in [0.15, 0.2) is 23.0 Å². The molecule has 274 valence electrons. The summed E-state index contributed by atoms with van der Waals surface area (Å²) in [4.78, 5) is 4.55. The maximum atomic E-state index is 6.94. The van der Waals surface area contributed by atoms with Crippen molar-refractivity contribution in [1.82, 2.24) is 0 Å². The van der Waals surface area contributed by atoms with Crippen LogP contribution in [0.2, 0.25) is 0 Å². The van der Waals surface area contributed by atoms with E-state index in [4.69, 9.17) is 18.3 Å². The molecule has 2 aromatic heterocycles. The Bertz CT molecular complexity index is 3490. The van der Waals surface area contributed by atoms with Crippen LogP contribution in [0.4, 0.5) is 34.1 Å². The van der Waals surface area contributed by atoms with Crippen LogP contribution in [-0.2, 0) is 0 Å². The Labute approximate surface area is 332 Å². The van der Waals surface area contributed by atoms with Gasteiger partial charge in [-0.3, -0.25) is 0 Å². The summed E-state index contributed by atoms with van der Waals surface area (Å²) in [6, 6.07) is 54.9. The van der Waals surface area contributed by atoms with E-state index >= 15 is 0 Å². The largest absolute Gasteiger partial charge is 0.456 e. The van der Waals surface area contributed by atoms with Gasteiger partial charge < -0.3 is 28.1 Å². The standard InChI is InChI=1S/C52H32N2O4/c1-29-30(2)51-50(38-26-32-20-22-36(24-34(32)28-48(38)57-51)54-41-13-5-9-17-45(41)56-46-18-10-6-14-42(46)54)52-49(29)37-25-31-19-21-35(23-33(31)27-47(37)58-52)53-39-11-3-7-15-43(39)55-44-16-8-4-12-40(44)53/h3-28H,1-2H3. The van der Waals surface area contributed by atoms with Gasteiger partial charge in [-0.1, -0.05) is 60.7 Å². The Morgan fingerprint density at radius 1 is 0.362 bits per heavy atom. The zero-order valence-corrected chi connectivity index (χ0v) is 31.5. The molecule has 4 heterocycles. The number of aryl methyl sites for hydroxylation is 2. The van der Waals surface area contributed by atoms with E-state index < -0.39 is 0 Å². The van der Waals surface area contributed by atoms with Gasteiger partial charge in [-0.05, 0) is 144 Å². The lowest BCUT2D eigenvalue weighted by Crippen LogP contribution is -2.15. The molecule has 9 aromatic carbocycles. The number of fused-ring (bicyclic) bond motifs is 13. The SMILES string of the molecule is Cc1c(C)c2c3cc4ccc(N5c6ccccc6Oc6ccccc65)cc4cc3oc2c2c1oc1cc3cc(N4c5ccccc5Oc5ccccc54)ccc3cc12. The molecule has 58 heavy (non-hydrogen) atoms. The van der Waals surface area contributed by atoms with Gasteiger partial charge in [-0.25, -0.2) is 0 Å². The topological polar surface area (TPSA) is 51.2 Å². The summed E-state index contributed by atoms with van der Waals surface area (Å²) in [7, 11) is 0. The summed E-state index contributed by atoms with van der Waals surface area (Å²) in [6.45, 7) is 4.34. The molecule has 0 saturated heterocycles. The first kappa shape index (κ1) is 31.5. The average Bonchev–Trinajstić information content (AvgIpc) is 3.82. The van der Waals surface area contributed by atoms with Crippen LogP contribution >= 0.6 is 0 Å². The molecule has 0 unspecified atom stereocenters. The fourth-order valence-electron chi connectivity index (χ4n) is 9.29. The van der Waals surface area contributed by atoms with E-state index in [0.717, 1.165) is 134 Å². The molecule has 0 N–H and O–H groups in total. The van der Waals surface area contributed by atoms with Crippen molar-refractivity contribution in [2.75, 3.05) is 9.80 Å². The van der Waals surface area contributed by atoms with Crippen LogP contribution in [0.3, 0.4) is 0 Å². The summed E-state index contributed by atoms with van der Waals surface area (Å²) < 4.78 is 26.3. The third kappa shape index (κ3) is 4.31. The Kier molecular flexibility index (Phi) is 6.21. The Morgan fingerprint density at radius 2 is 0.776 bits per heavy atom. The predicted octanol–water partition coefficient (Wildman–Crippen LogP) is 15.6. The van der Waals surface area contributed by atoms with E-state index in [1.54, 1.807) is 0 Å². The highest BCUT2D eigenvalue weighted by atomic mass is 16.5. The lowest BCUT2D eigenvalue weighted by Gasteiger charge is -2.32. The smallest absolute Gasteiger partial charge is 0.151 e. The van der Waals surface area contributed by atoms with Crippen molar-refractivity contribution in [2.45, 2.75) is 13.8 Å². The number of rotatable bonds is 2. The summed E-state index contributed by atoms with van der Waals surface area (Å²) in [5.41, 5.74) is 11.8. The molecular weight excluding hydrogens is 717 g/mol. The number of hydrogen-bond donors (Lipinski definition) is 0. The molecule has 0 spiro atoms. The van der Waals surface area contributed by atoms with Crippen LogP contribution < -0.4 is 19.3 Å². The first-order valence-electron chi connectivity index (χ1n) is 19.6. The molecule has 2 aliphatic rings. The van der Waals surface area contributed by atoms with Gasteiger partial charge in [0.1, 0.15) is 22.3 Å². The third-order valence-electron chi connectivity index (χ3n) is 12.1. The summed E-state index contributed by atoms with van der Waals surface area (Å²) >= 11 is 0. The van der Waals surface area contributed by atoms with Crippen LogP contribution in [0.1, 0.15) is 11.1 Å². The lowest BCUT2D eigenvalue weighted by atomic mass is 9.97. The van der Waals surface area contributed by atoms with E-state index in [-0.39, 0.29) is 0 Å². The van der Waals surface area contributed by atoms with Crippen molar-refractivity contribution < 1.29 is 18.3 Å². The Hall–Kier alpha value is -7.70. The molecular formula is C52H32N2O4. The highest BCUT2D eigenvalue weighted by Gasteiger charge is 2.28. The number of furan rings is 2. The minimum Gasteiger partial charge on any atom is -0.456 e. The number of anilines is 6. The van der Waals surface area contributed by atoms with E-state index in [1.165, 1.54) is 0 Å². The third-order valence-corrected chi connectivity index (χ3v) is 12.1. The minimum atomic E-state index is 0.830. The van der Waals surface area contributed by atoms with Gasteiger partial charge in [0.2, 0.25) is 0 Å². The molecule has 6 nitrogen and oxygen atoms in total. The molecule has 0 fully saturated rings. The van der Waals surface area contributed by atoms with Crippen molar-refractivity contribution in [3.63, 3.8) is 0 Å². The first-order chi connectivity index (χ1) is 28.6. The number of nitrogens with zero attached hydrogens (tertiary/aromatic N) is 2. The second-order valence-corrected chi connectivity index (χ2v) is 15.4. The number of ether oxygens (including phenoxy) is 2. The number of hydrogen-bond acceptors (Lipinski definition) is 6. The maximum Gasteiger partial charge on any atom is 0.151 e. The van der Waals surface area contributed by atoms with E-state index in [0.29, 0.717) is 0 Å². The fourth-order valence-corrected chi connectivity index (χ4v) is 9.29. The lowest BCUT2D eigenvalue weighted by molar-refractivity contribution is 0.477. The van der Waals surface area contributed by atoms with Crippen LogP contribution in [-0.4, -0.2) is 0 Å². The molecule has 0 amide bonds. The second kappa shape index (κ2) is 11.4. The highest BCUT2D eigenvalue weighted by molar-refractivity contribution is 6.26. The van der Waals surface area contributed by atoms with Gasteiger partial charge in [0, 0.05) is 27.5 Å². The Balaban J connectivity index is 0.977. The molecule has 0 atom stereocenters. The number of para-hydroxylation sites is 8. The first-order valence-corrected chi connectivity index (χ1v) is 19.6. The van der Waals surface area contributed by atoms with Crippen LogP contribution in [0, 0.1) is 13.8 Å². The zero-order valence-electron chi connectivity index (χ0n) is 31.5. The van der Waals surface area contributed by atoms with Crippen molar-refractivity contribution >= 4 is 99.5 Å². The number of benzene rings is 9. The van der Waals surface area contributed by atoms with Gasteiger partial charge in [-0.2, -0.15) is 0 Å². The van der Waals surface area contributed by atoms with Crippen LogP contribution in [0.5, 0.6) is 23.0 Å². The van der Waals surface area contributed by atoms with Gasteiger partial charge in [0.25, 0.3) is 0 Å². The zero-order chi connectivity index (χ0) is 38.2. The molecule has 2 aliphatic heterocycles. The normalized spacial score (nSPS) is 13.2. The summed E-state index contributed by atoms with van der Waals surface area (Å²) in [5, 5.41) is 8.75. The summed E-state index contributed by atoms with van der Waals surface area (Å²) in [6.07, 6.45) is 0. The maximum absolute atomic E-state index is 6.94. The monoisotopic (exact) mass is 748 g/mol.